The highest BCUT2D eigenvalue weighted by Crippen LogP contribution is 2.11. The summed E-state index contributed by atoms with van der Waals surface area (Å²) >= 11 is 5.66. The lowest BCUT2D eigenvalue weighted by Crippen LogP contribution is -2.58. The third-order valence-corrected chi connectivity index (χ3v) is 5.92. The van der Waals surface area contributed by atoms with Crippen molar-refractivity contribution in [1.82, 2.24) is 16.0 Å². The largest absolute Gasteiger partial charge is 0.480 e. The van der Waals surface area contributed by atoms with Crippen LogP contribution in [0.25, 0.3) is 0 Å². The van der Waals surface area contributed by atoms with Gasteiger partial charge in [-0.25, -0.2) is 4.79 Å². The van der Waals surface area contributed by atoms with Gasteiger partial charge in [0.1, 0.15) is 12.1 Å². The molecule has 0 aromatic rings. The van der Waals surface area contributed by atoms with E-state index in [4.69, 9.17) is 5.73 Å². The summed E-state index contributed by atoms with van der Waals surface area (Å²) < 4.78 is 0. The van der Waals surface area contributed by atoms with E-state index in [2.05, 4.69) is 28.6 Å². The lowest BCUT2D eigenvalue weighted by molar-refractivity contribution is -0.142. The number of hydrogen-bond acceptors (Lipinski definition) is 7. The van der Waals surface area contributed by atoms with E-state index in [-0.39, 0.29) is 23.8 Å². The van der Waals surface area contributed by atoms with Gasteiger partial charge in [0.25, 0.3) is 0 Å². The topological polar surface area (TPSA) is 134 Å². The summed E-state index contributed by atoms with van der Waals surface area (Å²) in [7, 11) is 0. The number of carbonyl (C=O) groups is 3. The van der Waals surface area contributed by atoms with Gasteiger partial charge in [-0.15, -0.1) is 0 Å². The second-order valence-corrected chi connectivity index (χ2v) is 8.98. The molecule has 2 amide bonds. The lowest BCUT2D eigenvalue weighted by atomic mass is 9.96. The van der Waals surface area contributed by atoms with Gasteiger partial charge in [-0.1, -0.05) is 34.1 Å². The molecule has 0 saturated carbocycles. The van der Waals surface area contributed by atoms with Crippen molar-refractivity contribution in [2.45, 2.75) is 64.7 Å². The van der Waals surface area contributed by atoms with Crippen molar-refractivity contribution in [2.75, 3.05) is 24.3 Å². The molecule has 0 aromatic heterocycles. The molecule has 0 heterocycles. The fraction of sp³-hybridized carbons (Fsp3) is 0.842. The zero-order valence-corrected chi connectivity index (χ0v) is 19.8. The molecular weight excluding hydrogens is 412 g/mol. The number of carboxylic acid groups (broad SMARTS) is 1. The number of thioether (sulfide) groups is 1. The van der Waals surface area contributed by atoms with Crippen LogP contribution in [0.3, 0.4) is 0 Å². The Labute approximate surface area is 184 Å². The van der Waals surface area contributed by atoms with Gasteiger partial charge >= 0.3 is 5.97 Å². The first-order chi connectivity index (χ1) is 13.6. The molecule has 0 radical (unpaired) electrons. The molecule has 0 fully saturated rings. The number of carbonyl (C=O) groups excluding carboxylic acids is 2. The summed E-state index contributed by atoms with van der Waals surface area (Å²) in [6.45, 7) is 8.02. The average molecular weight is 451 g/mol. The van der Waals surface area contributed by atoms with E-state index in [1.54, 1.807) is 0 Å². The monoisotopic (exact) mass is 450 g/mol. The Hall–Kier alpha value is -0.970. The van der Waals surface area contributed by atoms with Crippen LogP contribution in [0.4, 0.5) is 0 Å². The SMILES string of the molecule is CCC(C)C(NC(=O)C(NCC(N)CS)C(C)C)C(=O)NC(CCSC)C(=O)O. The smallest absolute Gasteiger partial charge is 0.326 e. The average Bonchev–Trinajstić information content (AvgIpc) is 2.67. The van der Waals surface area contributed by atoms with E-state index < -0.39 is 30.0 Å². The van der Waals surface area contributed by atoms with Gasteiger partial charge in [0.2, 0.25) is 11.8 Å². The maximum absolute atomic E-state index is 12.9. The quantitative estimate of drug-likeness (QED) is 0.202. The predicted octanol–water partition coefficient (Wildman–Crippen LogP) is 0.711. The van der Waals surface area contributed by atoms with Gasteiger partial charge in [-0.3, -0.25) is 9.59 Å². The molecule has 170 valence electrons. The van der Waals surface area contributed by atoms with Crippen LogP contribution in [0.5, 0.6) is 0 Å². The van der Waals surface area contributed by atoms with Gasteiger partial charge in [-0.05, 0) is 30.3 Å². The molecule has 0 aliphatic rings. The lowest BCUT2D eigenvalue weighted by Gasteiger charge is -2.29. The first-order valence-electron chi connectivity index (χ1n) is 10.0. The molecule has 5 atom stereocenters. The molecule has 10 heteroatoms. The van der Waals surface area contributed by atoms with Gasteiger partial charge in [0.05, 0.1) is 6.04 Å². The summed E-state index contributed by atoms with van der Waals surface area (Å²) in [4.78, 5) is 37.2. The van der Waals surface area contributed by atoms with Gasteiger partial charge in [-0.2, -0.15) is 24.4 Å². The molecule has 8 nitrogen and oxygen atoms in total. The van der Waals surface area contributed by atoms with Crippen molar-refractivity contribution >= 4 is 42.2 Å². The zero-order chi connectivity index (χ0) is 22.6. The molecule has 0 rings (SSSR count). The minimum absolute atomic E-state index is 0.0175. The Bertz CT molecular complexity index is 522. The van der Waals surface area contributed by atoms with Crippen LogP contribution >= 0.6 is 24.4 Å². The van der Waals surface area contributed by atoms with E-state index in [1.165, 1.54) is 11.8 Å². The summed E-state index contributed by atoms with van der Waals surface area (Å²) in [5.74, 6) is -0.924. The number of amides is 2. The van der Waals surface area contributed by atoms with Crippen molar-refractivity contribution < 1.29 is 19.5 Å². The van der Waals surface area contributed by atoms with Crippen LogP contribution in [0.15, 0.2) is 0 Å². The van der Waals surface area contributed by atoms with E-state index in [0.717, 1.165) is 0 Å². The summed E-state index contributed by atoms with van der Waals surface area (Å²) in [5, 5.41) is 17.9. The number of hydrogen-bond donors (Lipinski definition) is 6. The highest BCUT2D eigenvalue weighted by Gasteiger charge is 2.32. The first kappa shape index (κ1) is 28.0. The minimum Gasteiger partial charge on any atom is -0.480 e. The Morgan fingerprint density at radius 2 is 1.69 bits per heavy atom. The summed E-state index contributed by atoms with van der Waals surface area (Å²) in [6.07, 6.45) is 2.86. The molecule has 0 bridgehead atoms. The number of aliphatic carboxylic acids is 1. The molecule has 0 aliphatic carbocycles. The Balaban J connectivity index is 5.26. The van der Waals surface area contributed by atoms with Crippen LogP contribution in [0.1, 0.15) is 40.5 Å². The third kappa shape index (κ3) is 10.6. The normalized spacial score (nSPS) is 16.6. The van der Waals surface area contributed by atoms with Gasteiger partial charge < -0.3 is 26.8 Å². The maximum atomic E-state index is 12.9. The molecule has 0 saturated heterocycles. The number of thiol groups is 1. The molecule has 5 unspecified atom stereocenters. The molecular formula is C19H38N4O4S2. The van der Waals surface area contributed by atoms with Crippen LogP contribution in [0.2, 0.25) is 0 Å². The molecule has 0 spiro atoms. The van der Waals surface area contributed by atoms with Gasteiger partial charge in [0.15, 0.2) is 0 Å². The fourth-order valence-corrected chi connectivity index (χ4v) is 3.27. The number of nitrogens with one attached hydrogen (secondary N) is 3. The van der Waals surface area contributed by atoms with Crippen molar-refractivity contribution in [3.63, 3.8) is 0 Å². The van der Waals surface area contributed by atoms with Crippen LogP contribution < -0.4 is 21.7 Å². The van der Waals surface area contributed by atoms with Crippen molar-refractivity contribution in [3.05, 3.63) is 0 Å². The van der Waals surface area contributed by atoms with Crippen molar-refractivity contribution in [3.8, 4) is 0 Å². The number of carboxylic acids is 1. The number of nitrogens with two attached hydrogens (primary N) is 1. The summed E-state index contributed by atoms with van der Waals surface area (Å²) in [6, 6.07) is -2.50. The van der Waals surface area contributed by atoms with E-state index >= 15 is 0 Å². The second kappa shape index (κ2) is 14.9. The molecule has 0 aliphatic heterocycles. The van der Waals surface area contributed by atoms with E-state index in [9.17, 15) is 19.5 Å². The zero-order valence-electron chi connectivity index (χ0n) is 18.1. The van der Waals surface area contributed by atoms with Crippen LogP contribution in [-0.2, 0) is 14.4 Å². The summed E-state index contributed by atoms with van der Waals surface area (Å²) in [5.41, 5.74) is 5.87. The Kier molecular flexibility index (Phi) is 14.4. The highest BCUT2D eigenvalue weighted by atomic mass is 32.2. The van der Waals surface area contributed by atoms with Crippen molar-refractivity contribution in [1.29, 1.82) is 0 Å². The standard InChI is InChI=1S/C19H38N4O4S2/c1-6-12(4)16(18(25)22-14(19(26)27)7-8-29-5)23-17(24)15(11(2)3)21-9-13(20)10-28/h11-16,21,28H,6-10,20H2,1-5H3,(H,22,25)(H,23,24)(H,26,27). The highest BCUT2D eigenvalue weighted by molar-refractivity contribution is 7.98. The fourth-order valence-electron chi connectivity index (χ4n) is 2.67. The Morgan fingerprint density at radius 1 is 1.10 bits per heavy atom. The second-order valence-electron chi connectivity index (χ2n) is 7.63. The minimum atomic E-state index is -1.08. The maximum Gasteiger partial charge on any atom is 0.326 e. The third-order valence-electron chi connectivity index (χ3n) is 4.80. The number of rotatable bonds is 15. The Morgan fingerprint density at radius 3 is 2.14 bits per heavy atom. The molecule has 29 heavy (non-hydrogen) atoms. The van der Waals surface area contributed by atoms with Crippen LogP contribution in [-0.4, -0.2) is 71.4 Å². The first-order valence-corrected chi connectivity index (χ1v) is 12.0. The van der Waals surface area contributed by atoms with E-state index in [1.807, 2.05) is 34.0 Å². The van der Waals surface area contributed by atoms with Crippen molar-refractivity contribution in [2.24, 2.45) is 17.6 Å². The van der Waals surface area contributed by atoms with Crippen LogP contribution in [0, 0.1) is 11.8 Å². The molecule has 0 aromatic carbocycles. The predicted molar refractivity (Wildman–Crippen MR) is 122 cm³/mol. The van der Waals surface area contributed by atoms with E-state index in [0.29, 0.717) is 30.9 Å². The molecule has 6 N–H and O–H groups in total. The van der Waals surface area contributed by atoms with Gasteiger partial charge in [0, 0.05) is 18.3 Å².